The molecule has 5 rings (SSSR count). The molecule has 5 aromatic rings. The lowest BCUT2D eigenvalue weighted by Crippen LogP contribution is -2.18. The Kier molecular flexibility index (Phi) is 8.22. The van der Waals surface area contributed by atoms with Crippen molar-refractivity contribution in [3.05, 3.63) is 136 Å². The Morgan fingerprint density at radius 3 is 2.31 bits per heavy atom. The van der Waals surface area contributed by atoms with Gasteiger partial charge in [0.15, 0.2) is 0 Å². The Hall–Kier alpha value is -4.58. The SMILES string of the molecule is CCCC(=O)On1ccc2c(OCCCc3cc(C(c4ccccc4)c4ccccc4)c[nH]c3=O)cccc21. The molecule has 0 aliphatic heterocycles. The summed E-state index contributed by atoms with van der Waals surface area (Å²) in [6.45, 7) is 2.39. The van der Waals surface area contributed by atoms with Gasteiger partial charge >= 0.3 is 5.97 Å². The molecule has 198 valence electrons. The number of fused-ring (bicyclic) bond motifs is 1. The number of aromatic amines is 1. The van der Waals surface area contributed by atoms with Crippen LogP contribution in [-0.2, 0) is 11.2 Å². The van der Waals surface area contributed by atoms with Crippen molar-refractivity contribution >= 4 is 16.9 Å². The van der Waals surface area contributed by atoms with E-state index >= 15 is 0 Å². The third-order valence-corrected chi connectivity index (χ3v) is 6.76. The molecule has 1 N–H and O–H groups in total. The minimum Gasteiger partial charge on any atom is -0.493 e. The minimum atomic E-state index is -0.268. The Balaban J connectivity index is 1.29. The first-order valence-electron chi connectivity index (χ1n) is 13.4. The number of benzene rings is 3. The number of H-pyrrole nitrogens is 1. The molecule has 6 nitrogen and oxygen atoms in total. The molecule has 0 unspecified atom stereocenters. The van der Waals surface area contributed by atoms with Gasteiger partial charge in [0.2, 0.25) is 0 Å². The maximum absolute atomic E-state index is 12.7. The fraction of sp³-hybridized carbons (Fsp3) is 0.212. The van der Waals surface area contributed by atoms with E-state index in [0.29, 0.717) is 31.6 Å². The number of nitrogens with zero attached hydrogens (tertiary/aromatic N) is 1. The van der Waals surface area contributed by atoms with Crippen molar-refractivity contribution in [1.29, 1.82) is 0 Å². The van der Waals surface area contributed by atoms with Gasteiger partial charge in [-0.1, -0.05) is 73.7 Å². The van der Waals surface area contributed by atoms with E-state index < -0.39 is 0 Å². The van der Waals surface area contributed by atoms with Crippen molar-refractivity contribution in [1.82, 2.24) is 9.71 Å². The third kappa shape index (κ3) is 6.12. The first kappa shape index (κ1) is 26.0. The van der Waals surface area contributed by atoms with Crippen LogP contribution >= 0.6 is 0 Å². The van der Waals surface area contributed by atoms with Crippen molar-refractivity contribution in [2.45, 2.75) is 38.5 Å². The second-order valence-corrected chi connectivity index (χ2v) is 9.54. The largest absolute Gasteiger partial charge is 0.493 e. The Morgan fingerprint density at radius 2 is 1.62 bits per heavy atom. The van der Waals surface area contributed by atoms with E-state index in [2.05, 4.69) is 29.2 Å². The van der Waals surface area contributed by atoms with Gasteiger partial charge in [0, 0.05) is 35.7 Å². The van der Waals surface area contributed by atoms with Crippen LogP contribution in [0.2, 0.25) is 0 Å². The molecule has 0 amide bonds. The number of carbonyl (C=O) groups excluding carboxylic acids is 1. The fourth-order valence-electron chi connectivity index (χ4n) is 4.90. The second-order valence-electron chi connectivity index (χ2n) is 9.54. The summed E-state index contributed by atoms with van der Waals surface area (Å²) >= 11 is 0. The molecule has 3 aromatic carbocycles. The standard InChI is InChI=1S/C33H32N2O4/c1-2-11-31(36)39-35-20-19-28-29(35)17-9-18-30(28)38-21-10-16-26-22-27(23-34-33(26)37)32(24-12-5-3-6-13-24)25-14-7-4-8-15-25/h3-9,12-15,17-20,22-23,32H,2,10-11,16,21H2,1H3,(H,34,37). The lowest BCUT2D eigenvalue weighted by molar-refractivity contribution is -0.143. The van der Waals surface area contributed by atoms with Crippen LogP contribution in [0.3, 0.4) is 0 Å². The number of aromatic nitrogens is 2. The molecule has 0 bridgehead atoms. The molecule has 0 saturated heterocycles. The van der Waals surface area contributed by atoms with E-state index in [4.69, 9.17) is 9.57 Å². The first-order valence-corrected chi connectivity index (χ1v) is 13.4. The highest BCUT2D eigenvalue weighted by Crippen LogP contribution is 2.31. The number of hydrogen-bond acceptors (Lipinski definition) is 4. The molecular weight excluding hydrogens is 488 g/mol. The van der Waals surface area contributed by atoms with Crippen LogP contribution in [0.25, 0.3) is 10.9 Å². The van der Waals surface area contributed by atoms with Gasteiger partial charge in [-0.2, -0.15) is 4.73 Å². The zero-order valence-electron chi connectivity index (χ0n) is 22.0. The zero-order chi connectivity index (χ0) is 27.0. The molecule has 0 aliphatic carbocycles. The van der Waals surface area contributed by atoms with Crippen molar-refractivity contribution in [3.63, 3.8) is 0 Å². The summed E-state index contributed by atoms with van der Waals surface area (Å²) in [5.41, 5.74) is 4.82. The van der Waals surface area contributed by atoms with Gasteiger partial charge in [0.25, 0.3) is 5.56 Å². The summed E-state index contributed by atoms with van der Waals surface area (Å²) in [7, 11) is 0. The average molecular weight is 521 g/mol. The van der Waals surface area contributed by atoms with Gasteiger partial charge in [-0.15, -0.1) is 0 Å². The van der Waals surface area contributed by atoms with Crippen LogP contribution in [0, 0.1) is 0 Å². The van der Waals surface area contributed by atoms with Crippen LogP contribution in [-0.4, -0.2) is 22.3 Å². The smallest absolute Gasteiger partial charge is 0.332 e. The highest BCUT2D eigenvalue weighted by atomic mass is 16.7. The second kappa shape index (κ2) is 12.3. The van der Waals surface area contributed by atoms with Crippen LogP contribution in [0.4, 0.5) is 0 Å². The number of ether oxygens (including phenoxy) is 1. The summed E-state index contributed by atoms with van der Waals surface area (Å²) < 4.78 is 7.58. The Morgan fingerprint density at radius 1 is 0.897 bits per heavy atom. The highest BCUT2D eigenvalue weighted by molar-refractivity contribution is 5.86. The Bertz CT molecular complexity index is 1550. The van der Waals surface area contributed by atoms with Crippen LogP contribution in [0.1, 0.15) is 54.4 Å². The van der Waals surface area contributed by atoms with E-state index in [0.717, 1.165) is 28.5 Å². The van der Waals surface area contributed by atoms with Gasteiger partial charge in [0.05, 0.1) is 12.1 Å². The predicted octanol–water partition coefficient (Wildman–Crippen LogP) is 6.28. The van der Waals surface area contributed by atoms with E-state index in [-0.39, 0.29) is 17.4 Å². The average Bonchev–Trinajstić information content (AvgIpc) is 3.37. The molecule has 0 radical (unpaired) electrons. The van der Waals surface area contributed by atoms with Crippen molar-refractivity contribution in [2.24, 2.45) is 0 Å². The summed E-state index contributed by atoms with van der Waals surface area (Å²) in [6, 6.07) is 30.2. The van der Waals surface area contributed by atoms with E-state index in [1.807, 2.05) is 79.9 Å². The van der Waals surface area contributed by atoms with Gasteiger partial charge in [-0.3, -0.25) is 4.79 Å². The molecule has 39 heavy (non-hydrogen) atoms. The number of aryl methyl sites for hydroxylation is 1. The number of hydrogen-bond donors (Lipinski definition) is 1. The van der Waals surface area contributed by atoms with Crippen LogP contribution in [0.15, 0.2) is 108 Å². The molecule has 0 aliphatic rings. The van der Waals surface area contributed by atoms with E-state index in [9.17, 15) is 9.59 Å². The molecule has 6 heteroatoms. The number of rotatable bonds is 11. The minimum absolute atomic E-state index is 0.0207. The fourth-order valence-corrected chi connectivity index (χ4v) is 4.90. The molecule has 0 atom stereocenters. The van der Waals surface area contributed by atoms with Crippen LogP contribution < -0.4 is 15.1 Å². The quantitative estimate of drug-likeness (QED) is 0.208. The van der Waals surface area contributed by atoms with Gasteiger partial charge in [-0.05, 0) is 60.2 Å². The zero-order valence-corrected chi connectivity index (χ0v) is 22.0. The summed E-state index contributed by atoms with van der Waals surface area (Å²) in [6.07, 6.45) is 5.92. The van der Waals surface area contributed by atoms with Crippen molar-refractivity contribution < 1.29 is 14.4 Å². The molecule has 0 fully saturated rings. The molecule has 0 saturated carbocycles. The molecule has 0 spiro atoms. The lowest BCUT2D eigenvalue weighted by atomic mass is 9.85. The summed E-state index contributed by atoms with van der Waals surface area (Å²) in [4.78, 5) is 33.0. The molecular formula is C33H32N2O4. The van der Waals surface area contributed by atoms with Crippen molar-refractivity contribution in [3.8, 4) is 5.75 Å². The third-order valence-electron chi connectivity index (χ3n) is 6.76. The summed E-state index contributed by atoms with van der Waals surface area (Å²) in [5, 5.41) is 0.871. The predicted molar refractivity (Wildman–Crippen MR) is 153 cm³/mol. The maximum atomic E-state index is 12.7. The normalized spacial score (nSPS) is 11.1. The first-order chi connectivity index (χ1) is 19.1. The van der Waals surface area contributed by atoms with Crippen LogP contribution in [0.5, 0.6) is 5.75 Å². The maximum Gasteiger partial charge on any atom is 0.332 e. The van der Waals surface area contributed by atoms with Gasteiger partial charge in [-0.25, -0.2) is 4.79 Å². The summed E-state index contributed by atoms with van der Waals surface area (Å²) in [5.74, 6) is 0.469. The van der Waals surface area contributed by atoms with E-state index in [1.54, 1.807) is 6.20 Å². The monoisotopic (exact) mass is 520 g/mol. The molecule has 2 heterocycles. The molecule has 2 aromatic heterocycles. The highest BCUT2D eigenvalue weighted by Gasteiger charge is 2.18. The van der Waals surface area contributed by atoms with Gasteiger partial charge < -0.3 is 14.6 Å². The topological polar surface area (TPSA) is 73.3 Å². The van der Waals surface area contributed by atoms with E-state index in [1.165, 1.54) is 15.9 Å². The number of pyridine rings is 1. The number of carbonyl (C=O) groups is 1. The Labute approximate surface area is 227 Å². The number of nitrogens with one attached hydrogen (secondary N) is 1. The van der Waals surface area contributed by atoms with Gasteiger partial charge in [0.1, 0.15) is 5.75 Å². The van der Waals surface area contributed by atoms with Crippen molar-refractivity contribution in [2.75, 3.05) is 6.61 Å². The lowest BCUT2D eigenvalue weighted by Gasteiger charge is -2.19.